The van der Waals surface area contributed by atoms with Gasteiger partial charge in [0.05, 0.1) is 12.0 Å². The van der Waals surface area contributed by atoms with Gasteiger partial charge in [-0.05, 0) is 24.6 Å². The Hall–Kier alpha value is -1.86. The first-order valence-electron chi connectivity index (χ1n) is 5.63. The minimum atomic E-state index is -0.121. The molecular formula is C13H12ClN3O. The van der Waals surface area contributed by atoms with Crippen LogP contribution < -0.4 is 0 Å². The zero-order valence-corrected chi connectivity index (χ0v) is 10.7. The molecule has 0 radical (unpaired) electrons. The van der Waals surface area contributed by atoms with Gasteiger partial charge in [0.25, 0.3) is 0 Å². The van der Waals surface area contributed by atoms with Crippen LogP contribution in [0.5, 0.6) is 0 Å². The first-order valence-corrected chi connectivity index (χ1v) is 6.00. The summed E-state index contributed by atoms with van der Waals surface area (Å²) in [5.41, 5.74) is 1.03. The van der Waals surface area contributed by atoms with E-state index in [-0.39, 0.29) is 5.92 Å². The summed E-state index contributed by atoms with van der Waals surface area (Å²) in [7, 11) is 0. The number of rotatable bonds is 4. The third-order valence-corrected chi connectivity index (χ3v) is 2.70. The molecule has 1 atom stereocenters. The van der Waals surface area contributed by atoms with E-state index < -0.39 is 0 Å². The van der Waals surface area contributed by atoms with E-state index in [1.165, 1.54) is 0 Å². The second-order valence-corrected chi connectivity index (χ2v) is 4.58. The monoisotopic (exact) mass is 261 g/mol. The van der Waals surface area contributed by atoms with Crippen LogP contribution in [0.15, 0.2) is 28.8 Å². The summed E-state index contributed by atoms with van der Waals surface area (Å²) < 4.78 is 5.09. The molecule has 0 aliphatic heterocycles. The van der Waals surface area contributed by atoms with Crippen LogP contribution >= 0.6 is 11.6 Å². The summed E-state index contributed by atoms with van der Waals surface area (Å²) in [6.07, 6.45) is 1.06. The van der Waals surface area contributed by atoms with Crippen molar-refractivity contribution in [2.75, 3.05) is 0 Å². The molecule has 0 aliphatic carbocycles. The van der Waals surface area contributed by atoms with Crippen molar-refractivity contribution in [1.29, 1.82) is 5.26 Å². The molecule has 0 amide bonds. The van der Waals surface area contributed by atoms with E-state index in [4.69, 9.17) is 21.4 Å². The van der Waals surface area contributed by atoms with Gasteiger partial charge in [-0.2, -0.15) is 10.2 Å². The minimum absolute atomic E-state index is 0.121. The van der Waals surface area contributed by atoms with Gasteiger partial charge in [-0.15, -0.1) is 0 Å². The molecule has 2 aromatic rings. The van der Waals surface area contributed by atoms with Crippen molar-refractivity contribution in [1.82, 2.24) is 10.1 Å². The van der Waals surface area contributed by atoms with Crippen molar-refractivity contribution in [3.63, 3.8) is 0 Å². The minimum Gasteiger partial charge on any atom is -0.339 e. The average Bonchev–Trinajstić information content (AvgIpc) is 2.76. The van der Waals surface area contributed by atoms with Crippen LogP contribution in [-0.4, -0.2) is 10.1 Å². The fourth-order valence-corrected chi connectivity index (χ4v) is 1.79. The van der Waals surface area contributed by atoms with Crippen LogP contribution in [0, 0.1) is 17.2 Å². The van der Waals surface area contributed by atoms with Crippen molar-refractivity contribution in [3.8, 4) is 6.07 Å². The second-order valence-electron chi connectivity index (χ2n) is 4.15. The molecule has 4 nitrogen and oxygen atoms in total. The van der Waals surface area contributed by atoms with Gasteiger partial charge in [0.15, 0.2) is 5.82 Å². The number of hydrogen-bond donors (Lipinski definition) is 0. The zero-order chi connectivity index (χ0) is 13.0. The molecular weight excluding hydrogens is 250 g/mol. The lowest BCUT2D eigenvalue weighted by molar-refractivity contribution is 0.365. The van der Waals surface area contributed by atoms with Gasteiger partial charge in [0.2, 0.25) is 5.89 Å². The summed E-state index contributed by atoms with van der Waals surface area (Å²) in [6, 6.07) is 9.67. The third kappa shape index (κ3) is 3.31. The molecule has 1 aromatic heterocycles. The zero-order valence-electron chi connectivity index (χ0n) is 9.93. The van der Waals surface area contributed by atoms with Gasteiger partial charge in [-0.25, -0.2) is 0 Å². The Morgan fingerprint density at radius 2 is 2.33 bits per heavy atom. The lowest BCUT2D eigenvalue weighted by Gasteiger charge is -1.97. The number of benzene rings is 1. The standard InChI is InChI=1S/C13H12ClN3O/c1-9(8-15)5-13-16-12(17-18-13)7-10-3-2-4-11(14)6-10/h2-4,6,9H,5,7H2,1H3. The van der Waals surface area contributed by atoms with Gasteiger partial charge >= 0.3 is 0 Å². The molecule has 0 aliphatic rings. The fourth-order valence-electron chi connectivity index (χ4n) is 1.58. The van der Waals surface area contributed by atoms with Crippen molar-refractivity contribution in [2.45, 2.75) is 19.8 Å². The largest absolute Gasteiger partial charge is 0.339 e. The van der Waals surface area contributed by atoms with E-state index in [9.17, 15) is 0 Å². The number of nitrogens with zero attached hydrogens (tertiary/aromatic N) is 3. The topological polar surface area (TPSA) is 62.7 Å². The quantitative estimate of drug-likeness (QED) is 0.849. The molecule has 18 heavy (non-hydrogen) atoms. The second kappa shape index (κ2) is 5.65. The summed E-state index contributed by atoms with van der Waals surface area (Å²) in [6.45, 7) is 1.82. The summed E-state index contributed by atoms with van der Waals surface area (Å²) >= 11 is 5.90. The van der Waals surface area contributed by atoms with E-state index in [1.54, 1.807) is 0 Å². The highest BCUT2D eigenvalue weighted by Gasteiger charge is 2.10. The summed E-state index contributed by atoms with van der Waals surface area (Å²) in [5.74, 6) is 0.989. The Bertz CT molecular complexity index is 574. The normalized spacial score (nSPS) is 12.1. The molecule has 1 unspecified atom stereocenters. The lowest BCUT2D eigenvalue weighted by Crippen LogP contribution is -1.97. The first-order chi connectivity index (χ1) is 8.67. The SMILES string of the molecule is CC(C#N)Cc1nc(Cc2cccc(Cl)c2)no1. The smallest absolute Gasteiger partial charge is 0.227 e. The van der Waals surface area contributed by atoms with Gasteiger partial charge in [-0.3, -0.25) is 0 Å². The Morgan fingerprint density at radius 3 is 3.06 bits per heavy atom. The van der Waals surface area contributed by atoms with Gasteiger partial charge in [0, 0.05) is 17.9 Å². The molecule has 0 saturated carbocycles. The third-order valence-electron chi connectivity index (χ3n) is 2.46. The van der Waals surface area contributed by atoms with E-state index in [2.05, 4.69) is 16.2 Å². The number of aromatic nitrogens is 2. The van der Waals surface area contributed by atoms with E-state index >= 15 is 0 Å². The Labute approximate surface area is 110 Å². The predicted octanol–water partition coefficient (Wildman–Crippen LogP) is 3.02. The maximum Gasteiger partial charge on any atom is 0.227 e. The highest BCUT2D eigenvalue weighted by molar-refractivity contribution is 6.30. The van der Waals surface area contributed by atoms with Crippen molar-refractivity contribution in [2.24, 2.45) is 5.92 Å². The maximum atomic E-state index is 8.71. The molecule has 92 valence electrons. The van der Waals surface area contributed by atoms with Crippen LogP contribution in [0.4, 0.5) is 0 Å². The van der Waals surface area contributed by atoms with Crippen molar-refractivity contribution in [3.05, 3.63) is 46.6 Å². The Kier molecular flexibility index (Phi) is 3.96. The van der Waals surface area contributed by atoms with Gasteiger partial charge in [-0.1, -0.05) is 28.9 Å². The maximum absolute atomic E-state index is 8.71. The van der Waals surface area contributed by atoms with E-state index in [0.717, 1.165) is 5.56 Å². The van der Waals surface area contributed by atoms with Crippen LogP contribution in [0.2, 0.25) is 5.02 Å². The van der Waals surface area contributed by atoms with E-state index in [0.29, 0.717) is 29.6 Å². The molecule has 0 N–H and O–H groups in total. The number of halogens is 1. The molecule has 0 spiro atoms. The van der Waals surface area contributed by atoms with Crippen molar-refractivity contribution >= 4 is 11.6 Å². The lowest BCUT2D eigenvalue weighted by atomic mass is 10.1. The summed E-state index contributed by atoms with van der Waals surface area (Å²) in [5, 5.41) is 13.3. The predicted molar refractivity (Wildman–Crippen MR) is 67.0 cm³/mol. The summed E-state index contributed by atoms with van der Waals surface area (Å²) in [4.78, 5) is 4.25. The fraction of sp³-hybridized carbons (Fsp3) is 0.308. The van der Waals surface area contributed by atoms with E-state index in [1.807, 2.05) is 31.2 Å². The molecule has 5 heteroatoms. The number of hydrogen-bond acceptors (Lipinski definition) is 4. The highest BCUT2D eigenvalue weighted by Crippen LogP contribution is 2.14. The van der Waals surface area contributed by atoms with Crippen LogP contribution in [0.1, 0.15) is 24.2 Å². The molecule has 0 saturated heterocycles. The molecule has 1 heterocycles. The van der Waals surface area contributed by atoms with Gasteiger partial charge < -0.3 is 4.52 Å². The molecule has 1 aromatic carbocycles. The average molecular weight is 262 g/mol. The van der Waals surface area contributed by atoms with Crippen LogP contribution in [0.25, 0.3) is 0 Å². The molecule has 0 fully saturated rings. The van der Waals surface area contributed by atoms with Crippen molar-refractivity contribution < 1.29 is 4.52 Å². The first kappa shape index (κ1) is 12.6. The Morgan fingerprint density at radius 1 is 1.50 bits per heavy atom. The highest BCUT2D eigenvalue weighted by atomic mass is 35.5. The molecule has 0 bridgehead atoms. The van der Waals surface area contributed by atoms with Crippen LogP contribution in [0.3, 0.4) is 0 Å². The Balaban J connectivity index is 2.05. The van der Waals surface area contributed by atoms with Crippen LogP contribution in [-0.2, 0) is 12.8 Å². The van der Waals surface area contributed by atoms with Gasteiger partial charge in [0.1, 0.15) is 0 Å². The number of nitriles is 1. The molecule has 2 rings (SSSR count).